The molecule has 0 atom stereocenters. The number of carbonyl (C=O) groups is 1. The van der Waals surface area contributed by atoms with Crippen molar-refractivity contribution in [1.29, 1.82) is 0 Å². The maximum atomic E-state index is 12.7. The molecule has 0 bridgehead atoms. The minimum absolute atomic E-state index is 0.154. The Morgan fingerprint density at radius 3 is 2.61 bits per heavy atom. The summed E-state index contributed by atoms with van der Waals surface area (Å²) >= 11 is 1.42. The molecule has 1 aliphatic heterocycles. The molecule has 0 radical (unpaired) electrons. The molecule has 0 aliphatic carbocycles. The maximum Gasteiger partial charge on any atom is 0.233 e. The van der Waals surface area contributed by atoms with Crippen LogP contribution in [-0.4, -0.2) is 56.0 Å². The van der Waals surface area contributed by atoms with E-state index < -0.39 is 0 Å². The van der Waals surface area contributed by atoms with Gasteiger partial charge in [0, 0.05) is 36.7 Å². The average molecular weight is 438 g/mol. The third kappa shape index (κ3) is 5.07. The standard InChI is InChI=1S/C23H27N5O2S/c1-3-30-20-8-6-19(7-9-20)28-22(18-5-4-12-24-15-18)25-26-23(28)31-16-21(29)27-13-10-17(2)11-14-27/h4-9,12,15,17H,3,10-11,13-14,16H2,1-2H3. The van der Waals surface area contributed by atoms with Crippen molar-refractivity contribution in [1.82, 2.24) is 24.6 Å². The molecule has 1 fully saturated rings. The van der Waals surface area contributed by atoms with Gasteiger partial charge in [-0.15, -0.1) is 10.2 Å². The first-order valence-corrected chi connectivity index (χ1v) is 11.6. The zero-order valence-corrected chi connectivity index (χ0v) is 18.7. The van der Waals surface area contributed by atoms with Gasteiger partial charge >= 0.3 is 0 Å². The number of likely N-dealkylation sites (tertiary alicyclic amines) is 1. The zero-order valence-electron chi connectivity index (χ0n) is 17.9. The molecular formula is C23H27N5O2S. The molecule has 1 aromatic carbocycles. The van der Waals surface area contributed by atoms with Crippen LogP contribution in [0.5, 0.6) is 5.75 Å². The number of benzene rings is 1. The lowest BCUT2D eigenvalue weighted by Crippen LogP contribution is -2.38. The van der Waals surface area contributed by atoms with Gasteiger partial charge in [-0.25, -0.2) is 0 Å². The Kier molecular flexibility index (Phi) is 6.86. The molecule has 2 aromatic heterocycles. The number of thioether (sulfide) groups is 1. The molecule has 1 amide bonds. The number of rotatable bonds is 7. The molecule has 3 aromatic rings. The highest BCUT2D eigenvalue weighted by Gasteiger charge is 2.22. The van der Waals surface area contributed by atoms with Crippen LogP contribution in [0.4, 0.5) is 0 Å². The first-order chi connectivity index (χ1) is 15.2. The van der Waals surface area contributed by atoms with Crippen LogP contribution in [0.2, 0.25) is 0 Å². The van der Waals surface area contributed by atoms with Crippen LogP contribution < -0.4 is 4.74 Å². The number of pyridine rings is 1. The van der Waals surface area contributed by atoms with Gasteiger partial charge < -0.3 is 9.64 Å². The molecule has 1 aliphatic rings. The van der Waals surface area contributed by atoms with Crippen molar-refractivity contribution in [2.24, 2.45) is 5.92 Å². The van der Waals surface area contributed by atoms with Gasteiger partial charge in [0.1, 0.15) is 5.75 Å². The van der Waals surface area contributed by atoms with Crippen molar-refractivity contribution >= 4 is 17.7 Å². The topological polar surface area (TPSA) is 73.1 Å². The lowest BCUT2D eigenvalue weighted by atomic mass is 9.99. The Balaban J connectivity index is 1.58. The van der Waals surface area contributed by atoms with Gasteiger partial charge in [-0.05, 0) is 62.1 Å². The van der Waals surface area contributed by atoms with Crippen LogP contribution >= 0.6 is 11.8 Å². The van der Waals surface area contributed by atoms with E-state index in [0.29, 0.717) is 29.3 Å². The molecular weight excluding hydrogens is 410 g/mol. The Bertz CT molecular complexity index is 999. The maximum absolute atomic E-state index is 12.7. The van der Waals surface area contributed by atoms with E-state index in [2.05, 4.69) is 22.1 Å². The number of hydrogen-bond acceptors (Lipinski definition) is 6. The van der Waals surface area contributed by atoms with E-state index in [-0.39, 0.29) is 5.91 Å². The van der Waals surface area contributed by atoms with Crippen molar-refractivity contribution in [2.75, 3.05) is 25.4 Å². The molecule has 3 heterocycles. The predicted octanol–water partition coefficient (Wildman–Crippen LogP) is 4.08. The minimum atomic E-state index is 0.154. The third-order valence-corrected chi connectivity index (χ3v) is 6.33. The van der Waals surface area contributed by atoms with Crippen LogP contribution in [0.15, 0.2) is 53.9 Å². The molecule has 0 spiro atoms. The van der Waals surface area contributed by atoms with Crippen LogP contribution in [0.3, 0.4) is 0 Å². The average Bonchev–Trinajstić information content (AvgIpc) is 3.23. The molecule has 162 valence electrons. The predicted molar refractivity (Wildman–Crippen MR) is 121 cm³/mol. The summed E-state index contributed by atoms with van der Waals surface area (Å²) in [7, 11) is 0. The number of amides is 1. The number of piperidine rings is 1. The summed E-state index contributed by atoms with van der Waals surface area (Å²) in [6.45, 7) is 6.50. The van der Waals surface area contributed by atoms with E-state index in [4.69, 9.17) is 4.74 Å². The highest BCUT2D eigenvalue weighted by Crippen LogP contribution is 2.29. The van der Waals surface area contributed by atoms with Gasteiger partial charge in [0.2, 0.25) is 5.91 Å². The van der Waals surface area contributed by atoms with Crippen LogP contribution in [0, 0.1) is 5.92 Å². The fraction of sp³-hybridized carbons (Fsp3) is 0.391. The summed E-state index contributed by atoms with van der Waals surface area (Å²) in [5, 5.41) is 9.50. The zero-order chi connectivity index (χ0) is 21.6. The Morgan fingerprint density at radius 2 is 1.94 bits per heavy atom. The number of hydrogen-bond donors (Lipinski definition) is 0. The molecule has 7 nitrogen and oxygen atoms in total. The highest BCUT2D eigenvalue weighted by molar-refractivity contribution is 7.99. The summed E-state index contributed by atoms with van der Waals surface area (Å²) in [5.74, 6) is 2.70. The van der Waals surface area contributed by atoms with E-state index >= 15 is 0 Å². The van der Waals surface area contributed by atoms with Gasteiger partial charge in [-0.1, -0.05) is 18.7 Å². The second-order valence-corrected chi connectivity index (χ2v) is 8.60. The van der Waals surface area contributed by atoms with Crippen molar-refractivity contribution in [2.45, 2.75) is 31.8 Å². The van der Waals surface area contributed by atoms with E-state index in [9.17, 15) is 4.79 Å². The lowest BCUT2D eigenvalue weighted by molar-refractivity contribution is -0.129. The van der Waals surface area contributed by atoms with E-state index in [0.717, 1.165) is 42.9 Å². The third-order valence-electron chi connectivity index (χ3n) is 5.42. The van der Waals surface area contributed by atoms with Crippen LogP contribution in [-0.2, 0) is 4.79 Å². The molecule has 1 saturated heterocycles. The highest BCUT2D eigenvalue weighted by atomic mass is 32.2. The van der Waals surface area contributed by atoms with Crippen molar-refractivity contribution in [3.05, 3.63) is 48.8 Å². The number of aromatic nitrogens is 4. The second kappa shape index (κ2) is 9.96. The number of carbonyl (C=O) groups excluding carboxylic acids is 1. The van der Waals surface area contributed by atoms with Crippen LogP contribution in [0.25, 0.3) is 17.1 Å². The SMILES string of the molecule is CCOc1ccc(-n2c(SCC(=O)N3CCC(C)CC3)nnc2-c2cccnc2)cc1. The summed E-state index contributed by atoms with van der Waals surface area (Å²) in [6, 6.07) is 11.6. The Labute approximate surface area is 186 Å². The molecule has 0 unspecified atom stereocenters. The molecule has 0 N–H and O–H groups in total. The number of nitrogens with zero attached hydrogens (tertiary/aromatic N) is 5. The fourth-order valence-electron chi connectivity index (χ4n) is 3.61. The summed E-state index contributed by atoms with van der Waals surface area (Å²) < 4.78 is 7.55. The molecule has 0 saturated carbocycles. The molecule has 8 heteroatoms. The second-order valence-electron chi connectivity index (χ2n) is 7.66. The van der Waals surface area contributed by atoms with Crippen molar-refractivity contribution in [3.63, 3.8) is 0 Å². The van der Waals surface area contributed by atoms with Gasteiger partial charge in [0.25, 0.3) is 0 Å². The lowest BCUT2D eigenvalue weighted by Gasteiger charge is -2.30. The first kappa shape index (κ1) is 21.4. The minimum Gasteiger partial charge on any atom is -0.494 e. The quantitative estimate of drug-likeness (QED) is 0.519. The first-order valence-electron chi connectivity index (χ1n) is 10.7. The van der Waals surface area contributed by atoms with Gasteiger partial charge in [-0.2, -0.15) is 0 Å². The summed E-state index contributed by atoms with van der Waals surface area (Å²) in [6.07, 6.45) is 5.65. The monoisotopic (exact) mass is 437 g/mol. The Hall–Kier alpha value is -2.87. The Morgan fingerprint density at radius 1 is 1.16 bits per heavy atom. The summed E-state index contributed by atoms with van der Waals surface area (Å²) in [5.41, 5.74) is 1.78. The van der Waals surface area contributed by atoms with E-state index in [1.165, 1.54) is 11.8 Å². The van der Waals surface area contributed by atoms with Gasteiger partial charge in [-0.3, -0.25) is 14.3 Å². The normalized spacial score (nSPS) is 14.6. The molecule has 4 rings (SSSR count). The van der Waals surface area contributed by atoms with Gasteiger partial charge in [0.05, 0.1) is 12.4 Å². The van der Waals surface area contributed by atoms with Crippen molar-refractivity contribution < 1.29 is 9.53 Å². The van der Waals surface area contributed by atoms with Gasteiger partial charge in [0.15, 0.2) is 11.0 Å². The van der Waals surface area contributed by atoms with Crippen LogP contribution in [0.1, 0.15) is 26.7 Å². The summed E-state index contributed by atoms with van der Waals surface area (Å²) in [4.78, 5) is 18.9. The number of ether oxygens (including phenoxy) is 1. The smallest absolute Gasteiger partial charge is 0.233 e. The fourth-order valence-corrected chi connectivity index (χ4v) is 4.47. The van der Waals surface area contributed by atoms with E-state index in [1.807, 2.05) is 52.8 Å². The largest absolute Gasteiger partial charge is 0.494 e. The van der Waals surface area contributed by atoms with E-state index in [1.54, 1.807) is 12.4 Å². The molecule has 31 heavy (non-hydrogen) atoms. The van der Waals surface area contributed by atoms with Crippen molar-refractivity contribution in [3.8, 4) is 22.8 Å².